The molecule has 1 heterocycles. The molecule has 0 saturated heterocycles. The molecule has 0 aliphatic heterocycles. The highest BCUT2D eigenvalue weighted by atomic mass is 32.1. The standard InChI is InChI=1S/C11H11FN2O2S/c1-16-8-3-2-6(12)4-7(8)10-9(5-15)17-11(13)14-10/h2-4,15H,5H2,1H3,(H2,13,14). The summed E-state index contributed by atoms with van der Waals surface area (Å²) in [6.45, 7) is -0.191. The zero-order chi connectivity index (χ0) is 12.4. The summed E-state index contributed by atoms with van der Waals surface area (Å²) >= 11 is 1.17. The number of anilines is 1. The molecule has 90 valence electrons. The van der Waals surface area contributed by atoms with Gasteiger partial charge in [0.2, 0.25) is 0 Å². The lowest BCUT2D eigenvalue weighted by molar-refractivity contribution is 0.286. The van der Waals surface area contributed by atoms with Gasteiger partial charge in [-0.1, -0.05) is 11.3 Å². The van der Waals surface area contributed by atoms with Crippen molar-refractivity contribution in [3.8, 4) is 17.0 Å². The van der Waals surface area contributed by atoms with Crippen LogP contribution < -0.4 is 10.5 Å². The van der Waals surface area contributed by atoms with Crippen molar-refractivity contribution in [1.82, 2.24) is 4.98 Å². The van der Waals surface area contributed by atoms with Crippen molar-refractivity contribution in [2.24, 2.45) is 0 Å². The quantitative estimate of drug-likeness (QED) is 0.879. The second-order valence-electron chi connectivity index (χ2n) is 3.33. The maximum Gasteiger partial charge on any atom is 0.180 e. The van der Waals surface area contributed by atoms with Gasteiger partial charge in [0.05, 0.1) is 24.3 Å². The van der Waals surface area contributed by atoms with E-state index < -0.39 is 5.82 Å². The van der Waals surface area contributed by atoms with Crippen LogP contribution in [0.5, 0.6) is 5.75 Å². The monoisotopic (exact) mass is 254 g/mol. The number of nitrogen functional groups attached to an aromatic ring is 1. The van der Waals surface area contributed by atoms with Gasteiger partial charge >= 0.3 is 0 Å². The molecule has 0 aliphatic rings. The van der Waals surface area contributed by atoms with Gasteiger partial charge < -0.3 is 15.6 Å². The number of aliphatic hydroxyl groups excluding tert-OH is 1. The lowest BCUT2D eigenvalue weighted by Gasteiger charge is -2.07. The molecule has 0 bridgehead atoms. The third kappa shape index (κ3) is 2.22. The Hall–Kier alpha value is -1.66. The maximum atomic E-state index is 13.2. The molecule has 0 radical (unpaired) electrons. The molecule has 0 atom stereocenters. The van der Waals surface area contributed by atoms with Crippen LogP contribution in [0.1, 0.15) is 4.88 Å². The average molecular weight is 254 g/mol. The first-order chi connectivity index (χ1) is 8.15. The normalized spacial score (nSPS) is 10.5. The fraction of sp³-hybridized carbons (Fsp3) is 0.182. The molecule has 0 amide bonds. The van der Waals surface area contributed by atoms with Crippen molar-refractivity contribution in [3.05, 3.63) is 28.9 Å². The molecular weight excluding hydrogens is 243 g/mol. The minimum absolute atomic E-state index is 0.191. The molecule has 0 saturated carbocycles. The Balaban J connectivity index is 2.61. The van der Waals surface area contributed by atoms with Crippen LogP contribution in [0.2, 0.25) is 0 Å². The van der Waals surface area contributed by atoms with Crippen LogP contribution >= 0.6 is 11.3 Å². The van der Waals surface area contributed by atoms with Crippen molar-refractivity contribution in [1.29, 1.82) is 0 Å². The van der Waals surface area contributed by atoms with Gasteiger partial charge in [0.1, 0.15) is 11.6 Å². The van der Waals surface area contributed by atoms with Gasteiger partial charge in [-0.3, -0.25) is 0 Å². The summed E-state index contributed by atoms with van der Waals surface area (Å²) in [5, 5.41) is 9.54. The van der Waals surface area contributed by atoms with Crippen molar-refractivity contribution >= 4 is 16.5 Å². The largest absolute Gasteiger partial charge is 0.496 e. The van der Waals surface area contributed by atoms with Crippen LogP contribution in [0, 0.1) is 5.82 Å². The summed E-state index contributed by atoms with van der Waals surface area (Å²) in [6.07, 6.45) is 0. The van der Waals surface area contributed by atoms with Gasteiger partial charge in [-0.15, -0.1) is 0 Å². The van der Waals surface area contributed by atoms with Crippen LogP contribution in [0.3, 0.4) is 0 Å². The molecule has 3 N–H and O–H groups in total. The Morgan fingerprint density at radius 3 is 2.94 bits per heavy atom. The number of ether oxygens (including phenoxy) is 1. The van der Waals surface area contributed by atoms with E-state index in [0.717, 1.165) is 0 Å². The number of benzene rings is 1. The lowest BCUT2D eigenvalue weighted by atomic mass is 10.1. The SMILES string of the molecule is COc1ccc(F)cc1-c1nc(N)sc1CO. The Morgan fingerprint density at radius 1 is 1.53 bits per heavy atom. The molecular formula is C11H11FN2O2S. The summed E-state index contributed by atoms with van der Waals surface area (Å²) < 4.78 is 18.4. The first-order valence-electron chi connectivity index (χ1n) is 4.85. The predicted molar refractivity (Wildman–Crippen MR) is 64.4 cm³/mol. The van der Waals surface area contributed by atoms with E-state index in [1.807, 2.05) is 0 Å². The van der Waals surface area contributed by atoms with Crippen LogP contribution in [0.25, 0.3) is 11.3 Å². The number of hydrogen-bond donors (Lipinski definition) is 2. The van der Waals surface area contributed by atoms with E-state index in [0.29, 0.717) is 27.0 Å². The molecule has 0 fully saturated rings. The number of hydrogen-bond acceptors (Lipinski definition) is 5. The third-order valence-corrected chi connectivity index (χ3v) is 3.14. The topological polar surface area (TPSA) is 68.4 Å². The second kappa shape index (κ2) is 4.68. The predicted octanol–water partition coefficient (Wildman–Crippen LogP) is 2.03. The zero-order valence-electron chi connectivity index (χ0n) is 9.11. The summed E-state index contributed by atoms with van der Waals surface area (Å²) in [5.74, 6) is 0.0997. The highest BCUT2D eigenvalue weighted by molar-refractivity contribution is 7.15. The molecule has 4 nitrogen and oxygen atoms in total. The summed E-state index contributed by atoms with van der Waals surface area (Å²) in [5.41, 5.74) is 6.54. The number of halogens is 1. The molecule has 0 spiro atoms. The Bertz CT molecular complexity index is 542. The van der Waals surface area contributed by atoms with E-state index in [9.17, 15) is 9.50 Å². The van der Waals surface area contributed by atoms with Crippen molar-refractivity contribution in [3.63, 3.8) is 0 Å². The fourth-order valence-corrected chi connectivity index (χ4v) is 2.26. The minimum atomic E-state index is -0.392. The van der Waals surface area contributed by atoms with Crippen molar-refractivity contribution in [2.75, 3.05) is 12.8 Å². The Morgan fingerprint density at radius 2 is 2.29 bits per heavy atom. The highest BCUT2D eigenvalue weighted by Gasteiger charge is 2.15. The van der Waals surface area contributed by atoms with E-state index in [1.54, 1.807) is 0 Å². The Labute approximate surface area is 101 Å². The molecule has 6 heteroatoms. The summed E-state index contributed by atoms with van der Waals surface area (Å²) in [4.78, 5) is 4.68. The maximum absolute atomic E-state index is 13.2. The lowest BCUT2D eigenvalue weighted by Crippen LogP contribution is -1.92. The molecule has 2 aromatic rings. The number of aliphatic hydroxyl groups is 1. The van der Waals surface area contributed by atoms with E-state index in [1.165, 1.54) is 36.6 Å². The molecule has 0 aliphatic carbocycles. The van der Waals surface area contributed by atoms with Crippen molar-refractivity contribution < 1.29 is 14.2 Å². The van der Waals surface area contributed by atoms with Gasteiger partial charge in [0, 0.05) is 5.56 Å². The van der Waals surface area contributed by atoms with Crippen molar-refractivity contribution in [2.45, 2.75) is 6.61 Å². The molecule has 17 heavy (non-hydrogen) atoms. The van der Waals surface area contributed by atoms with Crippen LogP contribution in [-0.2, 0) is 6.61 Å². The first kappa shape index (κ1) is 11.8. The number of rotatable bonds is 3. The first-order valence-corrected chi connectivity index (χ1v) is 5.67. The number of nitrogens with zero attached hydrogens (tertiary/aromatic N) is 1. The average Bonchev–Trinajstić information content (AvgIpc) is 2.70. The van der Waals surface area contributed by atoms with Gasteiger partial charge in [-0.25, -0.2) is 9.37 Å². The van der Waals surface area contributed by atoms with E-state index in [4.69, 9.17) is 10.5 Å². The minimum Gasteiger partial charge on any atom is -0.496 e. The van der Waals surface area contributed by atoms with Crippen LogP contribution in [0.15, 0.2) is 18.2 Å². The summed E-state index contributed by atoms with van der Waals surface area (Å²) in [7, 11) is 1.49. The van der Waals surface area contributed by atoms with Crippen LogP contribution in [-0.4, -0.2) is 17.2 Å². The highest BCUT2D eigenvalue weighted by Crippen LogP contribution is 2.35. The number of nitrogens with two attached hydrogens (primary N) is 1. The van der Waals surface area contributed by atoms with Gasteiger partial charge in [0.15, 0.2) is 5.13 Å². The molecule has 2 rings (SSSR count). The van der Waals surface area contributed by atoms with E-state index >= 15 is 0 Å². The summed E-state index contributed by atoms with van der Waals surface area (Å²) in [6, 6.07) is 4.13. The smallest absolute Gasteiger partial charge is 0.180 e. The second-order valence-corrected chi connectivity index (χ2v) is 4.44. The van der Waals surface area contributed by atoms with Gasteiger partial charge in [0.25, 0.3) is 0 Å². The third-order valence-electron chi connectivity index (χ3n) is 2.27. The molecule has 1 aromatic carbocycles. The number of aromatic nitrogens is 1. The molecule has 0 unspecified atom stereocenters. The number of methoxy groups -OCH3 is 1. The Kier molecular flexibility index (Phi) is 3.26. The van der Waals surface area contributed by atoms with E-state index in [-0.39, 0.29) is 6.61 Å². The zero-order valence-corrected chi connectivity index (χ0v) is 9.92. The van der Waals surface area contributed by atoms with Gasteiger partial charge in [-0.05, 0) is 18.2 Å². The molecule has 1 aromatic heterocycles. The van der Waals surface area contributed by atoms with Crippen LogP contribution in [0.4, 0.5) is 9.52 Å². The fourth-order valence-electron chi connectivity index (χ4n) is 1.55. The number of thiazole rings is 1. The van der Waals surface area contributed by atoms with E-state index in [2.05, 4.69) is 4.98 Å². The van der Waals surface area contributed by atoms with Gasteiger partial charge in [-0.2, -0.15) is 0 Å².